The number of fused-ring (bicyclic) bond motifs is 1. The van der Waals surface area contributed by atoms with Crippen molar-refractivity contribution < 1.29 is 14.2 Å². The van der Waals surface area contributed by atoms with E-state index in [0.29, 0.717) is 0 Å². The molecule has 0 saturated carbocycles. The topological polar surface area (TPSA) is 45.1 Å². The predicted octanol–water partition coefficient (Wildman–Crippen LogP) is 6.66. The second-order valence-electron chi connectivity index (χ2n) is 9.25. The molecule has 4 rings (SSSR count). The van der Waals surface area contributed by atoms with Crippen LogP contribution in [0, 0.1) is 12.7 Å². The molecule has 0 bridgehead atoms. The van der Waals surface area contributed by atoms with Gasteiger partial charge in [0.2, 0.25) is 0 Å². The Balaban J connectivity index is 0.000000368. The van der Waals surface area contributed by atoms with E-state index in [1.807, 2.05) is 46.8 Å². The van der Waals surface area contributed by atoms with Crippen molar-refractivity contribution in [3.05, 3.63) is 71.1 Å². The minimum Gasteiger partial charge on any atom is -0.508 e. The van der Waals surface area contributed by atoms with Gasteiger partial charge in [-0.05, 0) is 102 Å². The molecule has 2 aromatic carbocycles. The molecule has 0 radical (unpaired) electrons. The van der Waals surface area contributed by atoms with Crippen LogP contribution in [-0.4, -0.2) is 41.9 Å². The normalized spacial score (nSPS) is 18.9. The van der Waals surface area contributed by atoms with E-state index in [1.54, 1.807) is 25.2 Å². The van der Waals surface area contributed by atoms with Gasteiger partial charge in [-0.15, -0.1) is 6.58 Å². The zero-order valence-electron chi connectivity index (χ0n) is 21.0. The fourth-order valence-corrected chi connectivity index (χ4v) is 3.95. The first-order chi connectivity index (χ1) is 15.6. The highest BCUT2D eigenvalue weighted by atomic mass is 19.1. The second kappa shape index (κ2) is 12.5. The Morgan fingerprint density at radius 1 is 1.09 bits per heavy atom. The summed E-state index contributed by atoms with van der Waals surface area (Å²) < 4.78 is 20.4. The van der Waals surface area contributed by atoms with Crippen molar-refractivity contribution in [3.63, 3.8) is 0 Å². The molecule has 180 valence electrons. The first-order valence-electron chi connectivity index (χ1n) is 11.6. The lowest BCUT2D eigenvalue weighted by atomic mass is 10.1. The van der Waals surface area contributed by atoms with Gasteiger partial charge < -0.3 is 9.84 Å². The maximum Gasteiger partial charge on any atom is 0.165 e. The van der Waals surface area contributed by atoms with E-state index in [9.17, 15) is 9.50 Å². The van der Waals surface area contributed by atoms with Gasteiger partial charge in [0, 0.05) is 18.3 Å². The molecule has 5 heteroatoms. The lowest BCUT2D eigenvalue weighted by Gasteiger charge is -2.30. The van der Waals surface area contributed by atoms with Gasteiger partial charge in [-0.3, -0.25) is 9.89 Å². The van der Waals surface area contributed by atoms with Crippen LogP contribution < -0.4 is 4.74 Å². The van der Waals surface area contributed by atoms with Crippen molar-refractivity contribution in [2.24, 2.45) is 4.99 Å². The van der Waals surface area contributed by atoms with E-state index in [2.05, 4.69) is 16.5 Å². The van der Waals surface area contributed by atoms with Gasteiger partial charge >= 0.3 is 0 Å². The van der Waals surface area contributed by atoms with Gasteiger partial charge in [-0.2, -0.15) is 0 Å². The summed E-state index contributed by atoms with van der Waals surface area (Å²) in [6, 6.07) is 10.7. The minimum absolute atomic E-state index is 0.199. The number of benzene rings is 2. The number of aliphatic imine (C=N–C) groups is 1. The predicted molar refractivity (Wildman–Crippen MR) is 136 cm³/mol. The van der Waals surface area contributed by atoms with Crippen LogP contribution in [0.5, 0.6) is 11.5 Å². The fraction of sp³-hybridized carbons (Fsp3) is 0.464. The molecule has 1 N–H and O–H groups in total. The van der Waals surface area contributed by atoms with Crippen molar-refractivity contribution in [1.29, 1.82) is 0 Å². The molecule has 1 unspecified atom stereocenters. The molecule has 1 fully saturated rings. The number of likely N-dealkylation sites (tertiary alicyclic amines) is 1. The Labute approximate surface area is 198 Å². The standard InChI is InChI=1S/C20H22FNO2.C4H9N.C4H8/c1-13-4-7-19(17(21)10-13)24-20-16-12-15(23)6-5-14(16)11-18(20)22-8-2-3-9-22;1-4(2)5-3;1-4(2)3/h4-7,10,12,18,20,23H,2-3,8-9,11H2,1H3;1-3H3;1H2,2-3H3/t18?,20-;;/m0../s1. The van der Waals surface area contributed by atoms with Crippen LogP contribution in [0.15, 0.2) is 53.5 Å². The van der Waals surface area contributed by atoms with Crippen molar-refractivity contribution in [3.8, 4) is 11.5 Å². The number of hydrogen-bond donors (Lipinski definition) is 1. The average molecular weight is 455 g/mol. The largest absolute Gasteiger partial charge is 0.508 e. The van der Waals surface area contributed by atoms with E-state index >= 15 is 0 Å². The fourth-order valence-electron chi connectivity index (χ4n) is 3.95. The maximum atomic E-state index is 14.3. The lowest BCUT2D eigenvalue weighted by molar-refractivity contribution is 0.0905. The number of allylic oxidation sites excluding steroid dienone is 1. The molecule has 1 saturated heterocycles. The van der Waals surface area contributed by atoms with Crippen molar-refractivity contribution >= 4 is 5.71 Å². The Morgan fingerprint density at radius 3 is 2.24 bits per heavy atom. The lowest BCUT2D eigenvalue weighted by Crippen LogP contribution is -2.38. The van der Waals surface area contributed by atoms with Gasteiger partial charge in [0.05, 0.1) is 6.04 Å². The molecule has 0 aromatic heterocycles. The van der Waals surface area contributed by atoms with Gasteiger partial charge in [-0.1, -0.05) is 17.7 Å². The number of phenols is 1. The SMILES string of the molecule is C=C(C)C.CN=C(C)C.Cc1ccc(O[C@H]2c3cc(O)ccc3CC2N2CCCC2)c(F)c1. The van der Waals surface area contributed by atoms with Crippen molar-refractivity contribution in [1.82, 2.24) is 4.90 Å². The zero-order chi connectivity index (χ0) is 24.5. The molecule has 1 heterocycles. The third kappa shape index (κ3) is 8.01. The number of ether oxygens (including phenoxy) is 1. The highest BCUT2D eigenvalue weighted by Gasteiger charge is 2.39. The van der Waals surface area contributed by atoms with Crippen LogP contribution in [0.3, 0.4) is 0 Å². The minimum atomic E-state index is -0.330. The molecule has 4 nitrogen and oxygen atoms in total. The van der Waals surface area contributed by atoms with Crippen molar-refractivity contribution in [2.45, 2.75) is 66.0 Å². The monoisotopic (exact) mass is 454 g/mol. The number of phenolic OH excluding ortho intramolecular Hbond substituents is 1. The zero-order valence-corrected chi connectivity index (χ0v) is 21.0. The molecule has 0 spiro atoms. The Morgan fingerprint density at radius 2 is 1.70 bits per heavy atom. The maximum absolute atomic E-state index is 14.3. The molecule has 2 aromatic rings. The second-order valence-corrected chi connectivity index (χ2v) is 9.25. The quantitative estimate of drug-likeness (QED) is 0.417. The van der Waals surface area contributed by atoms with Gasteiger partial charge in [-0.25, -0.2) is 4.39 Å². The van der Waals surface area contributed by atoms with Crippen LogP contribution in [0.1, 0.15) is 63.3 Å². The summed E-state index contributed by atoms with van der Waals surface area (Å²) in [6.07, 6.45) is 3.03. The van der Waals surface area contributed by atoms with Crippen LogP contribution in [0.2, 0.25) is 0 Å². The van der Waals surface area contributed by atoms with Crippen molar-refractivity contribution in [2.75, 3.05) is 20.1 Å². The van der Waals surface area contributed by atoms with Gasteiger partial charge in [0.25, 0.3) is 0 Å². The third-order valence-corrected chi connectivity index (χ3v) is 5.61. The number of aromatic hydroxyl groups is 1. The van der Waals surface area contributed by atoms with E-state index < -0.39 is 0 Å². The van der Waals surface area contributed by atoms with E-state index in [1.165, 1.54) is 30.0 Å². The van der Waals surface area contributed by atoms with Crippen LogP contribution in [0.25, 0.3) is 0 Å². The molecule has 1 aliphatic carbocycles. The number of nitrogens with zero attached hydrogens (tertiary/aromatic N) is 2. The Hall–Kier alpha value is -2.66. The summed E-state index contributed by atoms with van der Waals surface area (Å²) in [7, 11) is 1.79. The summed E-state index contributed by atoms with van der Waals surface area (Å²) in [5.74, 6) is 0.184. The summed E-state index contributed by atoms with van der Waals surface area (Å²) in [6.45, 7) is 15.4. The molecular weight excluding hydrogens is 415 g/mol. The highest BCUT2D eigenvalue weighted by Crippen LogP contribution is 2.41. The van der Waals surface area contributed by atoms with Crippen LogP contribution in [-0.2, 0) is 6.42 Å². The average Bonchev–Trinajstić information content (AvgIpc) is 3.38. The number of rotatable bonds is 3. The number of halogens is 1. The highest BCUT2D eigenvalue weighted by molar-refractivity contribution is 5.78. The summed E-state index contributed by atoms with van der Waals surface area (Å²) in [5.41, 5.74) is 5.33. The first kappa shape index (κ1) is 26.6. The molecule has 33 heavy (non-hydrogen) atoms. The number of aryl methyl sites for hydroxylation is 1. The van der Waals surface area contributed by atoms with Crippen LogP contribution in [0.4, 0.5) is 4.39 Å². The summed E-state index contributed by atoms with van der Waals surface area (Å²) >= 11 is 0. The van der Waals surface area contributed by atoms with Gasteiger partial charge in [0.15, 0.2) is 11.6 Å². The molecule has 2 atom stereocenters. The number of hydrogen-bond acceptors (Lipinski definition) is 4. The third-order valence-electron chi connectivity index (χ3n) is 5.61. The summed E-state index contributed by atoms with van der Waals surface area (Å²) in [4.78, 5) is 6.24. The summed E-state index contributed by atoms with van der Waals surface area (Å²) in [5, 5.41) is 9.88. The molecule has 2 aliphatic rings. The first-order valence-corrected chi connectivity index (χ1v) is 11.6. The van der Waals surface area contributed by atoms with Gasteiger partial charge in [0.1, 0.15) is 11.9 Å². The molecule has 1 aliphatic heterocycles. The van der Waals surface area contributed by atoms with E-state index in [0.717, 1.165) is 36.3 Å². The Bertz CT molecular complexity index is 956. The molecule has 0 amide bonds. The molecular formula is C28H39FN2O2. The Kier molecular flexibility index (Phi) is 10.1. The van der Waals surface area contributed by atoms with E-state index in [4.69, 9.17) is 4.74 Å². The van der Waals surface area contributed by atoms with Crippen LogP contribution >= 0.6 is 0 Å². The van der Waals surface area contributed by atoms with E-state index in [-0.39, 0.29) is 29.5 Å². The smallest absolute Gasteiger partial charge is 0.165 e.